The number of nitrogens with zero attached hydrogens (tertiary/aromatic N) is 3. The second kappa shape index (κ2) is 10.5. The number of pyridine rings is 1. The summed E-state index contributed by atoms with van der Waals surface area (Å²) < 4.78 is 57.8. The van der Waals surface area contributed by atoms with Gasteiger partial charge in [0.2, 0.25) is 5.72 Å². The molecular weight excluding hydrogens is 540 g/mol. The summed E-state index contributed by atoms with van der Waals surface area (Å²) in [5.41, 5.74) is -0.719. The molecule has 1 aromatic carbocycles. The molecule has 4 atom stereocenters. The van der Waals surface area contributed by atoms with Crippen molar-refractivity contribution in [2.24, 2.45) is 4.99 Å². The van der Waals surface area contributed by atoms with Crippen molar-refractivity contribution in [3.63, 3.8) is 0 Å². The van der Waals surface area contributed by atoms with Crippen LogP contribution in [0.5, 0.6) is 11.8 Å². The average Bonchev–Trinajstić information content (AvgIpc) is 3.57. The van der Waals surface area contributed by atoms with Gasteiger partial charge in [0.15, 0.2) is 11.8 Å². The molecule has 208 valence electrons. The summed E-state index contributed by atoms with van der Waals surface area (Å²) >= 11 is 6.37. The molecule has 0 bridgehead atoms. The monoisotopic (exact) mass is 565 g/mol. The van der Waals surface area contributed by atoms with Crippen LogP contribution < -0.4 is 14.8 Å². The van der Waals surface area contributed by atoms with E-state index in [1.54, 1.807) is 6.07 Å². The first-order valence-electron chi connectivity index (χ1n) is 12.5. The van der Waals surface area contributed by atoms with E-state index >= 15 is 0 Å². The smallest absolute Gasteiger partial charge is 0.296 e. The number of H-pyrrole nitrogens is 1. The number of rotatable bonds is 8. The summed E-state index contributed by atoms with van der Waals surface area (Å²) in [6, 6.07) is 4.00. The number of imidazole rings is 1. The third kappa shape index (κ3) is 4.89. The molecule has 5 heterocycles. The minimum absolute atomic E-state index is 0.0444. The maximum atomic E-state index is 14.8. The van der Waals surface area contributed by atoms with Gasteiger partial charge in [-0.25, -0.2) is 13.8 Å². The van der Waals surface area contributed by atoms with Crippen molar-refractivity contribution < 1.29 is 37.6 Å². The number of fused-ring (bicyclic) bond motifs is 2. The van der Waals surface area contributed by atoms with Gasteiger partial charge in [0, 0.05) is 37.1 Å². The number of ether oxygens (including phenoxy) is 5. The molecule has 6 rings (SSSR count). The van der Waals surface area contributed by atoms with Gasteiger partial charge in [-0.15, -0.1) is 0 Å². The van der Waals surface area contributed by atoms with Crippen LogP contribution in [0.15, 0.2) is 23.2 Å². The average molecular weight is 566 g/mol. The van der Waals surface area contributed by atoms with E-state index in [0.717, 1.165) is 0 Å². The lowest BCUT2D eigenvalue weighted by Crippen LogP contribution is -2.47. The lowest BCUT2D eigenvalue weighted by molar-refractivity contribution is -0.0618. The van der Waals surface area contributed by atoms with Crippen molar-refractivity contribution >= 4 is 35.3 Å². The minimum atomic E-state index is -1.25. The number of aliphatic hydroxyl groups is 1. The fourth-order valence-corrected chi connectivity index (χ4v) is 5.24. The van der Waals surface area contributed by atoms with Crippen LogP contribution in [0.4, 0.5) is 14.6 Å². The Balaban J connectivity index is 1.15. The largest absolute Gasteiger partial charge is 0.490 e. The fraction of sp³-hybridized carbons (Fsp3) is 0.480. The maximum Gasteiger partial charge on any atom is 0.296 e. The van der Waals surface area contributed by atoms with Crippen molar-refractivity contribution in [3.05, 3.63) is 40.4 Å². The van der Waals surface area contributed by atoms with Crippen LogP contribution in [0.2, 0.25) is 5.02 Å². The molecular formula is C25H26ClF2N5O6. The third-order valence-corrected chi connectivity index (χ3v) is 7.34. The highest BCUT2D eigenvalue weighted by Gasteiger charge is 2.61. The summed E-state index contributed by atoms with van der Waals surface area (Å²) in [5.74, 6) is -1.19. The van der Waals surface area contributed by atoms with Crippen molar-refractivity contribution in [1.82, 2.24) is 15.0 Å². The Morgan fingerprint density at radius 2 is 1.95 bits per heavy atom. The molecule has 3 aliphatic heterocycles. The molecule has 3 N–H and O–H groups in total. The summed E-state index contributed by atoms with van der Waals surface area (Å²) in [7, 11) is 0. The van der Waals surface area contributed by atoms with E-state index in [0.29, 0.717) is 31.6 Å². The molecule has 11 nitrogen and oxygen atoms in total. The molecule has 39 heavy (non-hydrogen) atoms. The van der Waals surface area contributed by atoms with E-state index in [2.05, 4.69) is 32.0 Å². The molecule has 0 spiro atoms. The number of aliphatic imine (C=N–C) groups is 1. The first-order valence-corrected chi connectivity index (χ1v) is 12.8. The zero-order valence-electron chi connectivity index (χ0n) is 20.7. The standard InChI is InChI=1S/C25H26ClF2N5O6/c1-29-25-20(11-36-21(25)19(34)10-37-25)39-24-31-18-8-15(26)22(32-23(18)33-24)30-9-14-16(27)6-13(7-17(14)28)38-12-2-4-35-5-3-12/h6-8,12,19-21,34H,1-5,9-11H2,(H2,30,31,32,33)/t19-,20-,21-,25-/m1/s1. The van der Waals surface area contributed by atoms with Crippen LogP contribution in [0, 0.1) is 11.6 Å². The van der Waals surface area contributed by atoms with E-state index < -0.39 is 35.7 Å². The SMILES string of the molecule is C=N[C@]12OC[C@@H](O)[C@H]1OC[C@H]2Oc1nc2nc(NCc3c(F)cc(OC4CCOCC4)cc3F)c(Cl)cc2[nH]1. The van der Waals surface area contributed by atoms with Crippen LogP contribution >= 0.6 is 11.6 Å². The molecule has 0 saturated carbocycles. The first-order chi connectivity index (χ1) is 18.9. The summed E-state index contributed by atoms with van der Waals surface area (Å²) in [6.45, 7) is 4.63. The number of nitrogens with one attached hydrogen (secondary N) is 2. The number of aliphatic hydroxyl groups excluding tert-OH is 1. The predicted octanol–water partition coefficient (Wildman–Crippen LogP) is 2.99. The third-order valence-electron chi connectivity index (χ3n) is 7.06. The van der Waals surface area contributed by atoms with Crippen LogP contribution in [0.1, 0.15) is 18.4 Å². The Labute approximate surface area is 226 Å². The van der Waals surface area contributed by atoms with Gasteiger partial charge in [-0.2, -0.15) is 4.98 Å². The fourth-order valence-electron chi connectivity index (χ4n) is 5.02. The van der Waals surface area contributed by atoms with Crippen molar-refractivity contribution in [3.8, 4) is 11.8 Å². The van der Waals surface area contributed by atoms with E-state index in [-0.39, 0.29) is 59.7 Å². The van der Waals surface area contributed by atoms with Gasteiger partial charge in [-0.3, -0.25) is 4.99 Å². The number of hydrogen-bond acceptors (Lipinski definition) is 10. The summed E-state index contributed by atoms with van der Waals surface area (Å²) in [4.78, 5) is 15.7. The highest BCUT2D eigenvalue weighted by atomic mass is 35.5. The van der Waals surface area contributed by atoms with Crippen LogP contribution in [-0.2, 0) is 20.8 Å². The molecule has 3 aliphatic rings. The Kier molecular flexibility index (Phi) is 7.02. The lowest BCUT2D eigenvalue weighted by atomic mass is 10.0. The number of aromatic amines is 1. The second-order valence-electron chi connectivity index (χ2n) is 9.53. The molecule has 14 heteroatoms. The lowest BCUT2D eigenvalue weighted by Gasteiger charge is -2.27. The van der Waals surface area contributed by atoms with Crippen molar-refractivity contribution in [2.75, 3.05) is 31.7 Å². The minimum Gasteiger partial charge on any atom is -0.490 e. The molecule has 3 fully saturated rings. The number of benzene rings is 1. The van der Waals surface area contributed by atoms with Crippen LogP contribution in [0.25, 0.3) is 11.2 Å². The van der Waals surface area contributed by atoms with Crippen LogP contribution in [0.3, 0.4) is 0 Å². The van der Waals surface area contributed by atoms with Gasteiger partial charge in [0.25, 0.3) is 6.01 Å². The first kappa shape index (κ1) is 26.1. The quantitative estimate of drug-likeness (QED) is 0.353. The molecule has 3 saturated heterocycles. The van der Waals surface area contributed by atoms with Crippen molar-refractivity contribution in [2.45, 2.75) is 49.5 Å². The Bertz CT molecular complexity index is 1370. The van der Waals surface area contributed by atoms with Gasteiger partial charge >= 0.3 is 0 Å². The molecule has 0 unspecified atom stereocenters. The number of anilines is 1. The molecule has 0 aliphatic carbocycles. The summed E-state index contributed by atoms with van der Waals surface area (Å²) in [5, 5.41) is 13.2. The highest BCUT2D eigenvalue weighted by molar-refractivity contribution is 6.33. The molecule has 0 amide bonds. The highest BCUT2D eigenvalue weighted by Crippen LogP contribution is 2.40. The van der Waals surface area contributed by atoms with Gasteiger partial charge in [-0.05, 0) is 12.8 Å². The van der Waals surface area contributed by atoms with Crippen molar-refractivity contribution in [1.29, 1.82) is 0 Å². The number of halogens is 3. The van der Waals surface area contributed by atoms with E-state index in [9.17, 15) is 13.9 Å². The van der Waals surface area contributed by atoms with Gasteiger partial charge < -0.3 is 39.1 Å². The Morgan fingerprint density at radius 3 is 2.69 bits per heavy atom. The molecule has 2 aromatic heterocycles. The number of hydrogen-bond donors (Lipinski definition) is 3. The zero-order valence-corrected chi connectivity index (χ0v) is 21.4. The Hall–Kier alpha value is -3.10. The van der Waals surface area contributed by atoms with Gasteiger partial charge in [0.05, 0.1) is 37.0 Å². The van der Waals surface area contributed by atoms with Gasteiger partial charge in [0.1, 0.15) is 41.5 Å². The topological polar surface area (TPSA) is 132 Å². The number of aromatic nitrogens is 3. The van der Waals surface area contributed by atoms with E-state index in [1.165, 1.54) is 12.1 Å². The maximum absolute atomic E-state index is 14.8. The van der Waals surface area contributed by atoms with Gasteiger partial charge in [-0.1, -0.05) is 11.6 Å². The second-order valence-corrected chi connectivity index (χ2v) is 9.94. The normalized spacial score (nSPS) is 27.0. The predicted molar refractivity (Wildman–Crippen MR) is 135 cm³/mol. The molecule has 3 aromatic rings. The van der Waals surface area contributed by atoms with Crippen LogP contribution in [-0.4, -0.2) is 83.3 Å². The zero-order chi connectivity index (χ0) is 27.1. The van der Waals surface area contributed by atoms with E-state index in [1.807, 2.05) is 0 Å². The summed E-state index contributed by atoms with van der Waals surface area (Å²) in [6.07, 6.45) is -1.07. The Morgan fingerprint density at radius 1 is 1.18 bits per heavy atom. The molecule has 0 radical (unpaired) electrons. The van der Waals surface area contributed by atoms with E-state index in [4.69, 9.17) is 35.3 Å².